The van der Waals surface area contributed by atoms with Gasteiger partial charge >= 0.3 is 11.7 Å². The van der Waals surface area contributed by atoms with Crippen molar-refractivity contribution >= 4 is 22.9 Å². The minimum atomic E-state index is -2.95. The predicted molar refractivity (Wildman–Crippen MR) is 95.9 cm³/mol. The third-order valence-electron chi connectivity index (χ3n) is 4.14. The Hall–Kier alpha value is -3.11. The molecular formula is C17H20F2N4O5. The average Bonchev–Trinajstić information content (AvgIpc) is 2.59. The number of halogens is 2. The van der Waals surface area contributed by atoms with Gasteiger partial charge in [-0.15, -0.1) is 0 Å². The fourth-order valence-corrected chi connectivity index (χ4v) is 2.70. The number of nitrogens with one attached hydrogen (secondary N) is 2. The van der Waals surface area contributed by atoms with Crippen LogP contribution in [0.15, 0.2) is 15.7 Å². The number of fused-ring (bicyclic) bond motifs is 1. The number of carboxylic acids is 1. The molecule has 1 amide bonds. The van der Waals surface area contributed by atoms with Gasteiger partial charge in [0.2, 0.25) is 6.43 Å². The van der Waals surface area contributed by atoms with Crippen LogP contribution in [-0.4, -0.2) is 44.0 Å². The van der Waals surface area contributed by atoms with Gasteiger partial charge in [-0.05, 0) is 18.9 Å². The summed E-state index contributed by atoms with van der Waals surface area (Å²) in [7, 11) is 0. The Balaban J connectivity index is 2.71. The molecule has 0 radical (unpaired) electrons. The van der Waals surface area contributed by atoms with E-state index in [-0.39, 0.29) is 29.1 Å². The molecule has 1 unspecified atom stereocenters. The first-order valence-corrected chi connectivity index (χ1v) is 8.56. The van der Waals surface area contributed by atoms with Crippen LogP contribution in [0.5, 0.6) is 0 Å². The summed E-state index contributed by atoms with van der Waals surface area (Å²) in [6.45, 7) is 5.35. The first kappa shape index (κ1) is 21.2. The van der Waals surface area contributed by atoms with E-state index in [0.717, 1.165) is 4.57 Å². The molecule has 0 saturated heterocycles. The van der Waals surface area contributed by atoms with Crippen molar-refractivity contribution in [3.8, 4) is 0 Å². The molecule has 2 aromatic rings. The number of hydrogen-bond donors (Lipinski definition) is 3. The number of nitrogens with zero attached hydrogens (tertiary/aromatic N) is 2. The van der Waals surface area contributed by atoms with Crippen molar-refractivity contribution in [3.05, 3.63) is 38.2 Å². The second-order valence-electron chi connectivity index (χ2n) is 6.44. The molecule has 0 bridgehead atoms. The van der Waals surface area contributed by atoms with E-state index in [1.807, 2.05) is 5.32 Å². The van der Waals surface area contributed by atoms with E-state index in [2.05, 4.69) is 9.97 Å². The molecule has 1 atom stereocenters. The summed E-state index contributed by atoms with van der Waals surface area (Å²) in [6.07, 6.45) is -4.03. The van der Waals surface area contributed by atoms with Crippen molar-refractivity contribution in [1.29, 1.82) is 0 Å². The molecule has 3 N–H and O–H groups in total. The van der Waals surface area contributed by atoms with Crippen molar-refractivity contribution in [3.63, 3.8) is 0 Å². The monoisotopic (exact) mass is 398 g/mol. The highest BCUT2D eigenvalue weighted by Crippen LogP contribution is 2.20. The van der Waals surface area contributed by atoms with Gasteiger partial charge in [-0.2, -0.15) is 0 Å². The molecule has 0 aromatic carbocycles. The lowest BCUT2D eigenvalue weighted by atomic mass is 10.0. The van der Waals surface area contributed by atoms with Gasteiger partial charge in [-0.1, -0.05) is 13.8 Å². The molecule has 2 rings (SSSR count). The SMILES string of the molecule is CCn1c(=O)[nH]c(=O)c2c(C(=O)NC(CC(F)F)C(=O)O)cc(C(C)C)nc21. The maximum Gasteiger partial charge on any atom is 0.329 e. The molecular weight excluding hydrogens is 378 g/mol. The van der Waals surface area contributed by atoms with Gasteiger partial charge in [-0.3, -0.25) is 19.1 Å². The van der Waals surface area contributed by atoms with Crippen LogP contribution in [0.4, 0.5) is 8.78 Å². The largest absolute Gasteiger partial charge is 0.480 e. The molecule has 9 nitrogen and oxygen atoms in total. The van der Waals surface area contributed by atoms with Crippen LogP contribution in [0.1, 0.15) is 49.2 Å². The van der Waals surface area contributed by atoms with Crippen LogP contribution >= 0.6 is 0 Å². The number of alkyl halides is 2. The number of H-pyrrole nitrogens is 1. The Morgan fingerprint density at radius 3 is 2.46 bits per heavy atom. The third kappa shape index (κ3) is 4.24. The Labute approximate surface area is 157 Å². The Morgan fingerprint density at radius 1 is 1.32 bits per heavy atom. The molecule has 0 aliphatic rings. The van der Waals surface area contributed by atoms with Gasteiger partial charge in [0.05, 0.1) is 10.9 Å². The van der Waals surface area contributed by atoms with E-state index in [0.29, 0.717) is 5.69 Å². The van der Waals surface area contributed by atoms with E-state index in [1.165, 1.54) is 6.07 Å². The molecule has 28 heavy (non-hydrogen) atoms. The standard InChI is InChI=1S/C17H20F2N4O5/c1-4-23-13-12(15(25)22-17(23)28)8(5-9(20-13)7(2)3)14(24)21-10(16(26)27)6-11(18)19/h5,7,10-11H,4,6H2,1-3H3,(H,21,24)(H,26,27)(H,22,25,28). The summed E-state index contributed by atoms with van der Waals surface area (Å²) in [5.41, 5.74) is -1.48. The van der Waals surface area contributed by atoms with E-state index in [1.54, 1.807) is 20.8 Å². The molecule has 152 valence electrons. The average molecular weight is 398 g/mol. The van der Waals surface area contributed by atoms with Crippen LogP contribution in [-0.2, 0) is 11.3 Å². The number of rotatable bonds is 7. The molecule has 0 aliphatic carbocycles. The number of carbonyl (C=O) groups is 2. The molecule has 2 heterocycles. The molecule has 0 aliphatic heterocycles. The summed E-state index contributed by atoms with van der Waals surface area (Å²) in [4.78, 5) is 54.6. The normalized spacial score (nSPS) is 12.5. The van der Waals surface area contributed by atoms with E-state index in [9.17, 15) is 28.0 Å². The lowest BCUT2D eigenvalue weighted by Crippen LogP contribution is -2.42. The number of aliphatic carboxylic acids is 1. The van der Waals surface area contributed by atoms with Crippen LogP contribution in [0.3, 0.4) is 0 Å². The van der Waals surface area contributed by atoms with Gasteiger partial charge in [-0.25, -0.2) is 23.4 Å². The number of aromatic amines is 1. The van der Waals surface area contributed by atoms with Gasteiger partial charge in [0.25, 0.3) is 11.5 Å². The number of pyridine rings is 1. The molecule has 0 fully saturated rings. The molecule has 2 aromatic heterocycles. The maximum absolute atomic E-state index is 12.7. The Bertz CT molecular complexity index is 1030. The number of aromatic nitrogens is 3. The first-order valence-electron chi connectivity index (χ1n) is 8.56. The molecule has 0 saturated carbocycles. The number of aryl methyl sites for hydroxylation is 1. The summed E-state index contributed by atoms with van der Waals surface area (Å²) in [5, 5.41) is 10.9. The smallest absolute Gasteiger partial charge is 0.329 e. The second kappa shape index (κ2) is 8.28. The van der Waals surface area contributed by atoms with Crippen LogP contribution in [0.2, 0.25) is 0 Å². The lowest BCUT2D eigenvalue weighted by Gasteiger charge is -2.17. The fourth-order valence-electron chi connectivity index (χ4n) is 2.70. The van der Waals surface area contributed by atoms with Gasteiger partial charge < -0.3 is 10.4 Å². The third-order valence-corrected chi connectivity index (χ3v) is 4.14. The zero-order valence-corrected chi connectivity index (χ0v) is 15.5. The second-order valence-corrected chi connectivity index (χ2v) is 6.44. The number of amides is 1. The summed E-state index contributed by atoms with van der Waals surface area (Å²) >= 11 is 0. The summed E-state index contributed by atoms with van der Waals surface area (Å²) in [6, 6.07) is -0.544. The van der Waals surface area contributed by atoms with Crippen molar-refractivity contribution in [2.45, 2.75) is 52.1 Å². The number of hydrogen-bond acceptors (Lipinski definition) is 5. The van der Waals surface area contributed by atoms with Crippen molar-refractivity contribution < 1.29 is 23.5 Å². The lowest BCUT2D eigenvalue weighted by molar-refractivity contribution is -0.140. The molecule has 0 spiro atoms. The minimum absolute atomic E-state index is 0.0339. The van der Waals surface area contributed by atoms with Crippen molar-refractivity contribution in [2.24, 2.45) is 0 Å². The highest BCUT2D eigenvalue weighted by molar-refractivity contribution is 6.06. The summed E-state index contributed by atoms with van der Waals surface area (Å²) in [5.74, 6) is -2.84. The van der Waals surface area contributed by atoms with E-state index < -0.39 is 42.0 Å². The van der Waals surface area contributed by atoms with E-state index in [4.69, 9.17) is 5.11 Å². The van der Waals surface area contributed by atoms with Crippen LogP contribution < -0.4 is 16.6 Å². The number of carboxylic acid groups (broad SMARTS) is 1. The van der Waals surface area contributed by atoms with Crippen LogP contribution in [0.25, 0.3) is 11.0 Å². The topological polar surface area (TPSA) is 134 Å². The summed E-state index contributed by atoms with van der Waals surface area (Å²) < 4.78 is 26.4. The van der Waals surface area contributed by atoms with Gasteiger partial charge in [0, 0.05) is 18.7 Å². The number of carbonyl (C=O) groups excluding carboxylic acids is 1. The minimum Gasteiger partial charge on any atom is -0.480 e. The zero-order valence-electron chi connectivity index (χ0n) is 15.5. The van der Waals surface area contributed by atoms with Crippen molar-refractivity contribution in [1.82, 2.24) is 19.9 Å². The highest BCUT2D eigenvalue weighted by Gasteiger charge is 2.27. The fraction of sp³-hybridized carbons (Fsp3) is 0.471. The molecule has 11 heteroatoms. The van der Waals surface area contributed by atoms with Gasteiger partial charge in [0.1, 0.15) is 6.04 Å². The first-order chi connectivity index (χ1) is 13.1. The quantitative estimate of drug-likeness (QED) is 0.639. The van der Waals surface area contributed by atoms with Gasteiger partial charge in [0.15, 0.2) is 5.65 Å². The highest BCUT2D eigenvalue weighted by atomic mass is 19.3. The van der Waals surface area contributed by atoms with Crippen LogP contribution in [0, 0.1) is 0 Å². The Kier molecular flexibility index (Phi) is 6.26. The maximum atomic E-state index is 12.7. The van der Waals surface area contributed by atoms with E-state index >= 15 is 0 Å². The predicted octanol–water partition coefficient (Wildman–Crippen LogP) is 1.07. The Morgan fingerprint density at radius 2 is 1.96 bits per heavy atom. The van der Waals surface area contributed by atoms with Crippen molar-refractivity contribution in [2.75, 3.05) is 0 Å². The zero-order chi connectivity index (χ0) is 21.2.